The van der Waals surface area contributed by atoms with Crippen LogP contribution in [-0.2, 0) is 65.2 Å². The third kappa shape index (κ3) is 22.9. The predicted octanol–water partition coefficient (Wildman–Crippen LogP) is 0.861. The molecule has 0 atom stereocenters. The van der Waals surface area contributed by atoms with E-state index in [1.165, 1.54) is 6.47 Å². The van der Waals surface area contributed by atoms with Crippen LogP contribution in [0.4, 0.5) is 0 Å². The van der Waals surface area contributed by atoms with Gasteiger partial charge in [0.1, 0.15) is 0 Å². The van der Waals surface area contributed by atoms with E-state index < -0.39 is 0 Å². The first-order valence-electron chi connectivity index (χ1n) is 2.11. The van der Waals surface area contributed by atoms with Gasteiger partial charge in [-0.15, -0.1) is 0 Å². The number of rotatable bonds is 1. The first-order valence-corrected chi connectivity index (χ1v) is 2.11. The fourth-order valence-electron chi connectivity index (χ4n) is 0.125. The monoisotopic (exact) mass is 325 g/mol. The second-order valence-corrected chi connectivity index (χ2v) is 2.30. The molecule has 10 heavy (non-hydrogen) atoms. The second-order valence-electron chi connectivity index (χ2n) is 2.30. The average Bonchev–Trinajstić information content (AvgIpc) is 1.30. The van der Waals surface area contributed by atoms with Crippen LogP contribution < -0.4 is 0 Å². The van der Waals surface area contributed by atoms with Gasteiger partial charge in [0, 0.05) is 55.7 Å². The van der Waals surface area contributed by atoms with Crippen LogP contribution >= 0.6 is 0 Å². The molecule has 5 heteroatoms. The van der Waals surface area contributed by atoms with Gasteiger partial charge in [-0.3, -0.25) is 0 Å². The van der Waals surface area contributed by atoms with Crippen molar-refractivity contribution in [2.45, 2.75) is 26.4 Å². The van der Waals surface area contributed by atoms with Crippen LogP contribution in [0, 0.1) is 0 Å². The van der Waals surface area contributed by atoms with Gasteiger partial charge in [-0.2, -0.15) is 0 Å². The van der Waals surface area contributed by atoms with Crippen molar-refractivity contribution in [2.75, 3.05) is 0 Å². The molecule has 0 saturated heterocycles. The number of carbonyl (C=O) groups excluding carboxylic acids is 1. The van der Waals surface area contributed by atoms with Crippen LogP contribution in [0.2, 0.25) is 0 Å². The molecule has 0 aliphatic rings. The molecule has 2 nitrogen and oxygen atoms in total. The Kier molecular flexibility index (Phi) is 23.0. The SMILES string of the molecule is CC(C)(C)O[C-]=O.[Ag].[Co].[Ni]. The van der Waals surface area contributed by atoms with Crippen molar-refractivity contribution in [3.05, 3.63) is 0 Å². The van der Waals surface area contributed by atoms with E-state index in [9.17, 15) is 4.79 Å². The minimum atomic E-state index is -0.373. The van der Waals surface area contributed by atoms with E-state index in [0.29, 0.717) is 0 Å². The van der Waals surface area contributed by atoms with E-state index in [1.54, 1.807) is 20.8 Å². The van der Waals surface area contributed by atoms with Crippen molar-refractivity contribution >= 4 is 6.47 Å². The quantitative estimate of drug-likeness (QED) is 0.528. The Morgan fingerprint density at radius 3 is 1.60 bits per heavy atom. The van der Waals surface area contributed by atoms with Crippen LogP contribution in [0.5, 0.6) is 0 Å². The first-order chi connectivity index (χ1) is 3.06. The molecule has 0 aromatic heterocycles. The van der Waals surface area contributed by atoms with E-state index >= 15 is 0 Å². The molecular weight excluding hydrogens is 318 g/mol. The molecule has 0 spiro atoms. The third-order valence-corrected chi connectivity index (χ3v) is 0.348. The van der Waals surface area contributed by atoms with E-state index in [0.717, 1.165) is 0 Å². The third-order valence-electron chi connectivity index (χ3n) is 0.348. The Bertz CT molecular complexity index is 74.5. The summed E-state index contributed by atoms with van der Waals surface area (Å²) in [5.41, 5.74) is -0.373. The van der Waals surface area contributed by atoms with E-state index in [1.807, 2.05) is 0 Å². The zero-order chi connectivity index (χ0) is 5.91. The number of ether oxygens (including phenoxy) is 1. The van der Waals surface area contributed by atoms with E-state index in [4.69, 9.17) is 0 Å². The Hall–Kier alpha value is 1.21. The molecule has 0 amide bonds. The molecule has 0 bridgehead atoms. The number of hydrogen-bond donors (Lipinski definition) is 0. The van der Waals surface area contributed by atoms with Crippen LogP contribution in [0.1, 0.15) is 20.8 Å². The minimum absolute atomic E-state index is 0. The van der Waals surface area contributed by atoms with Gasteiger partial charge in [0.15, 0.2) is 0 Å². The molecule has 0 heterocycles. The molecule has 0 aromatic carbocycles. The van der Waals surface area contributed by atoms with Gasteiger partial charge in [-0.25, -0.2) is 0 Å². The molecular formula is C5H9AgCoNiO2-. The molecule has 0 N–H and O–H groups in total. The van der Waals surface area contributed by atoms with Gasteiger partial charge >= 0.3 is 0 Å². The molecule has 2 radical (unpaired) electrons. The summed E-state index contributed by atoms with van der Waals surface area (Å²) < 4.78 is 4.42. The van der Waals surface area contributed by atoms with Crippen molar-refractivity contribution in [3.8, 4) is 0 Å². The van der Waals surface area contributed by atoms with Crippen molar-refractivity contribution in [2.24, 2.45) is 0 Å². The first kappa shape index (κ1) is 22.5. The molecule has 0 saturated carbocycles. The molecule has 0 aromatic rings. The zero-order valence-electron chi connectivity index (χ0n) is 5.77. The maximum atomic E-state index is 9.47. The summed E-state index contributed by atoms with van der Waals surface area (Å²) in [5, 5.41) is 0. The largest absolute Gasteiger partial charge is 0.649 e. The van der Waals surface area contributed by atoms with Crippen molar-refractivity contribution in [1.82, 2.24) is 0 Å². The summed E-state index contributed by atoms with van der Waals surface area (Å²) >= 11 is 0. The van der Waals surface area contributed by atoms with Gasteiger partial charge in [-0.05, 0) is 20.8 Å². The zero-order valence-corrected chi connectivity index (χ0v) is 9.28. The summed E-state index contributed by atoms with van der Waals surface area (Å²) in [7, 11) is 0. The molecule has 0 rings (SSSR count). The fourth-order valence-corrected chi connectivity index (χ4v) is 0.125. The van der Waals surface area contributed by atoms with Crippen molar-refractivity contribution in [3.63, 3.8) is 0 Å². The van der Waals surface area contributed by atoms with Gasteiger partial charge in [0.05, 0.1) is 5.60 Å². The summed E-state index contributed by atoms with van der Waals surface area (Å²) in [6, 6.07) is 0. The Morgan fingerprint density at radius 2 is 1.60 bits per heavy atom. The Balaban J connectivity index is -0.0000000600. The molecule has 0 unspecified atom stereocenters. The standard InChI is InChI=1S/C5H9O2.Ag.Co.Ni/c1-5(2,3)7-4-6;;;/h1-3H3;;;/q-1;;;. The summed E-state index contributed by atoms with van der Waals surface area (Å²) in [5.74, 6) is 0. The van der Waals surface area contributed by atoms with E-state index in [2.05, 4.69) is 4.74 Å². The van der Waals surface area contributed by atoms with Crippen LogP contribution in [0.15, 0.2) is 0 Å². The van der Waals surface area contributed by atoms with Crippen molar-refractivity contribution in [1.29, 1.82) is 0 Å². The number of hydrogen-bond acceptors (Lipinski definition) is 2. The van der Waals surface area contributed by atoms with Crippen LogP contribution in [-0.4, -0.2) is 12.1 Å². The van der Waals surface area contributed by atoms with Crippen molar-refractivity contribution < 1.29 is 65.2 Å². The summed E-state index contributed by atoms with van der Waals surface area (Å²) in [4.78, 5) is 9.47. The van der Waals surface area contributed by atoms with Gasteiger partial charge in [0.25, 0.3) is 0 Å². The van der Waals surface area contributed by atoms with E-state index in [-0.39, 0.29) is 61.3 Å². The topological polar surface area (TPSA) is 26.3 Å². The predicted molar refractivity (Wildman–Crippen MR) is 26.5 cm³/mol. The maximum Gasteiger partial charge on any atom is 0.0623 e. The Labute approximate surface area is 97.5 Å². The van der Waals surface area contributed by atoms with Gasteiger partial charge < -0.3 is 9.53 Å². The molecule has 0 fully saturated rings. The smallest absolute Gasteiger partial charge is 0.0623 e. The molecule has 72 valence electrons. The second kappa shape index (κ2) is 10.2. The van der Waals surface area contributed by atoms with Crippen LogP contribution in [0.3, 0.4) is 0 Å². The Morgan fingerprint density at radius 1 is 1.30 bits per heavy atom. The maximum absolute atomic E-state index is 9.47. The molecule has 0 aliphatic carbocycles. The normalized spacial score (nSPS) is 7.50. The van der Waals surface area contributed by atoms with Gasteiger partial charge in [-0.1, -0.05) is 6.47 Å². The average molecular weight is 327 g/mol. The fraction of sp³-hybridized carbons (Fsp3) is 0.800. The molecule has 0 aliphatic heterocycles. The minimum Gasteiger partial charge on any atom is -0.649 e. The van der Waals surface area contributed by atoms with Crippen LogP contribution in [0.25, 0.3) is 0 Å². The summed E-state index contributed by atoms with van der Waals surface area (Å²) in [6.45, 7) is 6.73. The summed E-state index contributed by atoms with van der Waals surface area (Å²) in [6.07, 6.45) is 0. The van der Waals surface area contributed by atoms with Gasteiger partial charge in [0.2, 0.25) is 0 Å².